The first-order valence-corrected chi connectivity index (χ1v) is 9.02. The van der Waals surface area contributed by atoms with Crippen molar-refractivity contribution >= 4 is 17.9 Å². The van der Waals surface area contributed by atoms with Gasteiger partial charge in [-0.15, -0.1) is 0 Å². The molecular formula is C21H24N2O5. The Morgan fingerprint density at radius 3 is 2.39 bits per heavy atom. The molecule has 1 atom stereocenters. The van der Waals surface area contributed by atoms with Crippen LogP contribution in [0.2, 0.25) is 0 Å². The van der Waals surface area contributed by atoms with Gasteiger partial charge in [0.25, 0.3) is 5.91 Å². The van der Waals surface area contributed by atoms with E-state index in [1.807, 2.05) is 48.5 Å². The maximum atomic E-state index is 12.0. The molecule has 0 unspecified atom stereocenters. The minimum Gasteiger partial charge on any atom is -0.482 e. The summed E-state index contributed by atoms with van der Waals surface area (Å²) in [4.78, 5) is 35.1. The number of urea groups is 1. The quantitative estimate of drug-likeness (QED) is 0.682. The zero-order chi connectivity index (χ0) is 20.4. The molecule has 0 aliphatic rings. The van der Waals surface area contributed by atoms with Gasteiger partial charge in [-0.3, -0.25) is 10.1 Å². The van der Waals surface area contributed by atoms with Gasteiger partial charge in [0.2, 0.25) is 0 Å². The van der Waals surface area contributed by atoms with Crippen molar-refractivity contribution < 1.29 is 23.9 Å². The second kappa shape index (κ2) is 10.7. The summed E-state index contributed by atoms with van der Waals surface area (Å²) in [6.07, 6.45) is -0.449. The fourth-order valence-corrected chi connectivity index (χ4v) is 2.45. The standard InChI is InChI=1S/C21H24N2O5/c1-3-22-21(26)23-20(25)15(2)28-19(24)14-27-18-12-8-7-11-17(18)13-16-9-5-4-6-10-16/h4-12,15H,3,13-14H2,1-2H3,(H2,22,23,25,26)/t15-/m0/s1. The van der Waals surface area contributed by atoms with E-state index in [1.54, 1.807) is 13.0 Å². The molecule has 7 nitrogen and oxygen atoms in total. The Morgan fingerprint density at radius 1 is 1.00 bits per heavy atom. The predicted octanol–water partition coefficient (Wildman–Crippen LogP) is 2.43. The molecule has 2 aromatic rings. The molecule has 0 aromatic heterocycles. The van der Waals surface area contributed by atoms with Crippen LogP contribution in [-0.2, 0) is 20.7 Å². The lowest BCUT2D eigenvalue weighted by molar-refractivity contribution is -0.156. The number of carbonyl (C=O) groups excluding carboxylic acids is 3. The Hall–Kier alpha value is -3.35. The highest BCUT2D eigenvalue weighted by Gasteiger charge is 2.20. The summed E-state index contributed by atoms with van der Waals surface area (Å²) in [5, 5.41) is 4.51. The Labute approximate surface area is 164 Å². The number of ether oxygens (including phenoxy) is 2. The van der Waals surface area contributed by atoms with E-state index in [9.17, 15) is 14.4 Å². The molecule has 0 bridgehead atoms. The van der Waals surface area contributed by atoms with E-state index in [0.29, 0.717) is 18.7 Å². The Kier molecular flexibility index (Phi) is 8.02. The normalized spacial score (nSPS) is 11.2. The van der Waals surface area contributed by atoms with E-state index in [2.05, 4.69) is 10.6 Å². The van der Waals surface area contributed by atoms with Crippen molar-refractivity contribution in [1.29, 1.82) is 0 Å². The van der Waals surface area contributed by atoms with Gasteiger partial charge in [-0.2, -0.15) is 0 Å². The molecule has 28 heavy (non-hydrogen) atoms. The van der Waals surface area contributed by atoms with Gasteiger partial charge in [0, 0.05) is 13.0 Å². The number of rotatable bonds is 8. The van der Waals surface area contributed by atoms with Crippen LogP contribution in [0.1, 0.15) is 25.0 Å². The van der Waals surface area contributed by atoms with Crippen molar-refractivity contribution in [2.24, 2.45) is 0 Å². The highest BCUT2D eigenvalue weighted by atomic mass is 16.6. The molecule has 148 valence electrons. The average molecular weight is 384 g/mol. The summed E-state index contributed by atoms with van der Waals surface area (Å²) in [6.45, 7) is 3.14. The number of amides is 3. The van der Waals surface area contributed by atoms with E-state index in [0.717, 1.165) is 11.1 Å². The van der Waals surface area contributed by atoms with Crippen LogP contribution in [-0.4, -0.2) is 37.2 Å². The van der Waals surface area contributed by atoms with Gasteiger partial charge in [0.05, 0.1) is 0 Å². The smallest absolute Gasteiger partial charge is 0.344 e. The van der Waals surface area contributed by atoms with Gasteiger partial charge < -0.3 is 14.8 Å². The number of hydrogen-bond donors (Lipinski definition) is 2. The monoisotopic (exact) mass is 384 g/mol. The Bertz CT molecular complexity index is 807. The fraction of sp³-hybridized carbons (Fsp3) is 0.286. The molecule has 0 fully saturated rings. The van der Waals surface area contributed by atoms with Crippen LogP contribution in [0.5, 0.6) is 5.75 Å². The maximum absolute atomic E-state index is 12.0. The van der Waals surface area contributed by atoms with Crippen LogP contribution >= 0.6 is 0 Å². The lowest BCUT2D eigenvalue weighted by Gasteiger charge is -2.14. The first kappa shape index (κ1) is 21.0. The second-order valence-electron chi connectivity index (χ2n) is 6.04. The molecule has 0 radical (unpaired) electrons. The third-order valence-corrected chi connectivity index (χ3v) is 3.81. The van der Waals surface area contributed by atoms with Crippen molar-refractivity contribution in [3.63, 3.8) is 0 Å². The van der Waals surface area contributed by atoms with Crippen molar-refractivity contribution in [1.82, 2.24) is 10.6 Å². The minimum atomic E-state index is -1.11. The van der Waals surface area contributed by atoms with Gasteiger partial charge in [-0.05, 0) is 31.0 Å². The molecule has 2 rings (SSSR count). The SMILES string of the molecule is CCNC(=O)NC(=O)[C@H](C)OC(=O)COc1ccccc1Cc1ccccc1. The van der Waals surface area contributed by atoms with E-state index in [4.69, 9.17) is 9.47 Å². The van der Waals surface area contributed by atoms with E-state index >= 15 is 0 Å². The molecule has 0 aliphatic heterocycles. The summed E-state index contributed by atoms with van der Waals surface area (Å²) in [7, 11) is 0. The molecule has 2 N–H and O–H groups in total. The second-order valence-corrected chi connectivity index (χ2v) is 6.04. The van der Waals surface area contributed by atoms with Crippen molar-refractivity contribution in [2.75, 3.05) is 13.2 Å². The summed E-state index contributed by atoms with van der Waals surface area (Å²) in [6, 6.07) is 16.7. The average Bonchev–Trinajstić information content (AvgIpc) is 2.68. The number of imide groups is 1. The Morgan fingerprint density at radius 2 is 1.68 bits per heavy atom. The number of benzene rings is 2. The molecule has 3 amide bonds. The van der Waals surface area contributed by atoms with Crippen molar-refractivity contribution in [3.8, 4) is 5.75 Å². The maximum Gasteiger partial charge on any atom is 0.344 e. The number of carbonyl (C=O) groups is 3. The lowest BCUT2D eigenvalue weighted by Crippen LogP contribution is -2.44. The van der Waals surface area contributed by atoms with Gasteiger partial charge in [0.1, 0.15) is 5.75 Å². The van der Waals surface area contributed by atoms with E-state index < -0.39 is 24.0 Å². The van der Waals surface area contributed by atoms with Crippen LogP contribution < -0.4 is 15.4 Å². The topological polar surface area (TPSA) is 93.7 Å². The van der Waals surface area contributed by atoms with Gasteiger partial charge in [-0.25, -0.2) is 9.59 Å². The molecular weight excluding hydrogens is 360 g/mol. The van der Waals surface area contributed by atoms with Crippen LogP contribution in [0, 0.1) is 0 Å². The van der Waals surface area contributed by atoms with Crippen molar-refractivity contribution in [3.05, 3.63) is 65.7 Å². The van der Waals surface area contributed by atoms with Crippen molar-refractivity contribution in [2.45, 2.75) is 26.4 Å². The first-order chi connectivity index (χ1) is 13.5. The van der Waals surface area contributed by atoms with Gasteiger partial charge >= 0.3 is 12.0 Å². The predicted molar refractivity (Wildman–Crippen MR) is 104 cm³/mol. The number of nitrogens with one attached hydrogen (secondary N) is 2. The molecule has 0 saturated heterocycles. The third-order valence-electron chi connectivity index (χ3n) is 3.81. The fourth-order valence-electron chi connectivity index (χ4n) is 2.45. The molecule has 0 aliphatic carbocycles. The number of hydrogen-bond acceptors (Lipinski definition) is 5. The third kappa shape index (κ3) is 6.75. The Balaban J connectivity index is 1.87. The minimum absolute atomic E-state index is 0.343. The number of esters is 1. The van der Waals surface area contributed by atoms with Crippen LogP contribution in [0.3, 0.4) is 0 Å². The highest BCUT2D eigenvalue weighted by Crippen LogP contribution is 2.21. The zero-order valence-corrected chi connectivity index (χ0v) is 15.9. The van der Waals surface area contributed by atoms with Gasteiger partial charge in [-0.1, -0.05) is 48.5 Å². The molecule has 0 saturated carbocycles. The lowest BCUT2D eigenvalue weighted by atomic mass is 10.0. The van der Waals surface area contributed by atoms with E-state index in [1.165, 1.54) is 6.92 Å². The molecule has 0 spiro atoms. The van der Waals surface area contributed by atoms with Crippen LogP contribution in [0.15, 0.2) is 54.6 Å². The summed E-state index contributed by atoms with van der Waals surface area (Å²) in [5.41, 5.74) is 2.06. The summed E-state index contributed by atoms with van der Waals surface area (Å²) >= 11 is 0. The zero-order valence-electron chi connectivity index (χ0n) is 15.9. The summed E-state index contributed by atoms with van der Waals surface area (Å²) in [5.74, 6) is -0.834. The number of para-hydroxylation sites is 1. The molecule has 7 heteroatoms. The van der Waals surface area contributed by atoms with Crippen LogP contribution in [0.25, 0.3) is 0 Å². The van der Waals surface area contributed by atoms with E-state index in [-0.39, 0.29) is 6.61 Å². The largest absolute Gasteiger partial charge is 0.482 e. The first-order valence-electron chi connectivity index (χ1n) is 9.02. The van der Waals surface area contributed by atoms with Crippen LogP contribution in [0.4, 0.5) is 4.79 Å². The molecule has 0 heterocycles. The molecule has 2 aromatic carbocycles. The summed E-state index contributed by atoms with van der Waals surface area (Å²) < 4.78 is 10.6. The van der Waals surface area contributed by atoms with Gasteiger partial charge in [0.15, 0.2) is 12.7 Å². The highest BCUT2D eigenvalue weighted by molar-refractivity contribution is 5.97.